The van der Waals surface area contributed by atoms with Crippen LogP contribution in [0.4, 0.5) is 4.39 Å². The third-order valence-electron chi connectivity index (χ3n) is 4.35. The molecule has 8 nitrogen and oxygen atoms in total. The number of halogens is 1. The largest absolute Gasteiger partial charge is 0.494 e. The van der Waals surface area contributed by atoms with E-state index in [0.717, 1.165) is 0 Å². The molecule has 1 heterocycles. The van der Waals surface area contributed by atoms with Crippen molar-refractivity contribution in [1.29, 1.82) is 0 Å². The van der Waals surface area contributed by atoms with Crippen LogP contribution in [0.1, 0.15) is 17.4 Å². The summed E-state index contributed by atoms with van der Waals surface area (Å²) in [6, 6.07) is 9.64. The van der Waals surface area contributed by atoms with Crippen molar-refractivity contribution < 1.29 is 27.4 Å². The fraction of sp³-hybridized carbons (Fsp3) is 0.158. The molecule has 0 spiro atoms. The summed E-state index contributed by atoms with van der Waals surface area (Å²) in [6.45, 7) is 1.99. The maximum Gasteiger partial charge on any atom is 0.354 e. The number of nitrogens with zero attached hydrogens (tertiary/aromatic N) is 2. The highest BCUT2D eigenvalue weighted by Crippen LogP contribution is 2.36. The first-order valence-electron chi connectivity index (χ1n) is 8.48. The molecule has 3 aromatic rings. The summed E-state index contributed by atoms with van der Waals surface area (Å²) in [4.78, 5) is 11.8. The Morgan fingerprint density at radius 2 is 1.83 bits per heavy atom. The molecule has 0 fully saturated rings. The van der Waals surface area contributed by atoms with Crippen LogP contribution < -0.4 is 9.88 Å². The van der Waals surface area contributed by atoms with E-state index in [4.69, 9.17) is 9.88 Å². The lowest BCUT2D eigenvalue weighted by Crippen LogP contribution is -2.11. The molecule has 0 aliphatic heterocycles. The Hall–Kier alpha value is -3.24. The zero-order valence-corrected chi connectivity index (χ0v) is 16.4. The van der Waals surface area contributed by atoms with Crippen molar-refractivity contribution in [3.63, 3.8) is 0 Å². The standard InChI is InChI=1S/C19H18FN3O5S/c1-3-23-18(19(24)25)16(12-6-9-15(28-2)14(20)10-12)17(22-23)11-4-7-13(8-5-11)29(21,26)27/h4-10H,3H2,1-2H3,(H,24,25)(H2,21,26,27). The van der Waals surface area contributed by atoms with Gasteiger partial charge in [0.2, 0.25) is 10.0 Å². The van der Waals surface area contributed by atoms with Gasteiger partial charge >= 0.3 is 5.97 Å². The summed E-state index contributed by atoms with van der Waals surface area (Å²) in [6.07, 6.45) is 0. The monoisotopic (exact) mass is 419 g/mol. The Morgan fingerprint density at radius 3 is 2.31 bits per heavy atom. The number of primary sulfonamides is 1. The molecule has 10 heteroatoms. The van der Waals surface area contributed by atoms with Gasteiger partial charge in [-0.25, -0.2) is 22.7 Å². The number of ether oxygens (including phenoxy) is 1. The number of hydrogen-bond acceptors (Lipinski definition) is 5. The molecule has 152 valence electrons. The van der Waals surface area contributed by atoms with Crippen molar-refractivity contribution in [1.82, 2.24) is 9.78 Å². The van der Waals surface area contributed by atoms with Crippen LogP contribution in [0.25, 0.3) is 22.4 Å². The number of nitrogens with two attached hydrogens (primary N) is 1. The van der Waals surface area contributed by atoms with Gasteiger partial charge in [0.25, 0.3) is 0 Å². The van der Waals surface area contributed by atoms with Gasteiger partial charge in [0, 0.05) is 17.7 Å². The summed E-state index contributed by atoms with van der Waals surface area (Å²) < 4.78 is 43.5. The van der Waals surface area contributed by atoms with Crippen molar-refractivity contribution in [3.8, 4) is 28.1 Å². The fourth-order valence-electron chi connectivity index (χ4n) is 3.01. The fourth-order valence-corrected chi connectivity index (χ4v) is 3.52. The van der Waals surface area contributed by atoms with Crippen LogP contribution >= 0.6 is 0 Å². The first-order chi connectivity index (χ1) is 13.7. The number of carbonyl (C=O) groups is 1. The topological polar surface area (TPSA) is 125 Å². The highest BCUT2D eigenvalue weighted by molar-refractivity contribution is 7.89. The second-order valence-corrected chi connectivity index (χ2v) is 7.67. The van der Waals surface area contributed by atoms with E-state index in [2.05, 4.69) is 5.10 Å². The first-order valence-corrected chi connectivity index (χ1v) is 10.0. The van der Waals surface area contributed by atoms with Crippen LogP contribution in [0.5, 0.6) is 5.75 Å². The van der Waals surface area contributed by atoms with E-state index in [0.29, 0.717) is 11.1 Å². The van der Waals surface area contributed by atoms with Crippen molar-refractivity contribution in [3.05, 3.63) is 54.0 Å². The molecule has 0 radical (unpaired) electrons. The maximum absolute atomic E-state index is 14.3. The van der Waals surface area contributed by atoms with Gasteiger partial charge in [0.1, 0.15) is 5.69 Å². The Bertz CT molecular complexity index is 1190. The molecule has 2 aromatic carbocycles. The first kappa shape index (κ1) is 20.5. The molecule has 0 saturated carbocycles. The van der Waals surface area contributed by atoms with Crippen molar-refractivity contribution in [2.75, 3.05) is 7.11 Å². The molecule has 0 saturated heterocycles. The van der Waals surface area contributed by atoms with E-state index in [9.17, 15) is 22.7 Å². The number of sulfonamides is 1. The van der Waals surface area contributed by atoms with E-state index in [1.165, 1.54) is 54.3 Å². The quantitative estimate of drug-likeness (QED) is 0.633. The molecular formula is C19H18FN3O5S. The van der Waals surface area contributed by atoms with Crippen LogP contribution in [-0.4, -0.2) is 36.4 Å². The van der Waals surface area contributed by atoms with Gasteiger partial charge in [-0.05, 0) is 36.8 Å². The summed E-state index contributed by atoms with van der Waals surface area (Å²) in [7, 11) is -2.55. The number of methoxy groups -OCH3 is 1. The van der Waals surface area contributed by atoms with E-state index in [-0.39, 0.29) is 34.1 Å². The molecule has 1 aromatic heterocycles. The predicted octanol–water partition coefficient (Wildman–Crippen LogP) is 2.73. The Kier molecular flexibility index (Phi) is 5.40. The van der Waals surface area contributed by atoms with Gasteiger partial charge < -0.3 is 9.84 Å². The van der Waals surface area contributed by atoms with Gasteiger partial charge in [-0.3, -0.25) is 4.68 Å². The number of aromatic nitrogens is 2. The molecular weight excluding hydrogens is 401 g/mol. The minimum absolute atomic E-state index is 0.0209. The minimum atomic E-state index is -3.88. The molecule has 3 rings (SSSR count). The summed E-state index contributed by atoms with van der Waals surface area (Å²) >= 11 is 0. The second kappa shape index (κ2) is 7.64. The average Bonchev–Trinajstić information content (AvgIpc) is 3.07. The number of benzene rings is 2. The van der Waals surface area contributed by atoms with E-state index < -0.39 is 21.8 Å². The van der Waals surface area contributed by atoms with Gasteiger partial charge in [-0.1, -0.05) is 18.2 Å². The summed E-state index contributed by atoms with van der Waals surface area (Å²) in [5.74, 6) is -1.85. The van der Waals surface area contributed by atoms with Gasteiger partial charge in [-0.2, -0.15) is 5.10 Å². The van der Waals surface area contributed by atoms with E-state index in [1.54, 1.807) is 6.92 Å². The predicted molar refractivity (Wildman–Crippen MR) is 104 cm³/mol. The number of aromatic carboxylic acids is 1. The molecule has 3 N–H and O–H groups in total. The number of carboxylic acid groups (broad SMARTS) is 1. The number of aryl methyl sites for hydroxylation is 1. The van der Waals surface area contributed by atoms with Crippen LogP contribution in [0, 0.1) is 5.82 Å². The van der Waals surface area contributed by atoms with Gasteiger partial charge in [0.15, 0.2) is 17.3 Å². The third-order valence-corrected chi connectivity index (χ3v) is 5.28. The summed E-state index contributed by atoms with van der Waals surface area (Å²) in [5, 5.41) is 19.2. The minimum Gasteiger partial charge on any atom is -0.494 e. The molecule has 29 heavy (non-hydrogen) atoms. The van der Waals surface area contributed by atoms with Gasteiger partial charge in [0.05, 0.1) is 12.0 Å². The normalized spacial score (nSPS) is 11.4. The second-order valence-electron chi connectivity index (χ2n) is 6.11. The van der Waals surface area contributed by atoms with E-state index >= 15 is 0 Å². The maximum atomic E-state index is 14.3. The van der Waals surface area contributed by atoms with Crippen LogP contribution in [0.15, 0.2) is 47.4 Å². The van der Waals surface area contributed by atoms with Crippen LogP contribution in [-0.2, 0) is 16.6 Å². The molecule has 0 aliphatic rings. The molecule has 0 bridgehead atoms. The SMILES string of the molecule is CCn1nc(-c2ccc(S(N)(=O)=O)cc2)c(-c2ccc(OC)c(F)c2)c1C(=O)O. The lowest BCUT2D eigenvalue weighted by Gasteiger charge is -2.08. The van der Waals surface area contributed by atoms with E-state index in [1.807, 2.05) is 0 Å². The molecule has 0 unspecified atom stereocenters. The number of rotatable bonds is 6. The van der Waals surface area contributed by atoms with Crippen LogP contribution in [0.3, 0.4) is 0 Å². The Labute approximate surface area is 166 Å². The number of hydrogen-bond donors (Lipinski definition) is 2. The Morgan fingerprint density at radius 1 is 1.21 bits per heavy atom. The third kappa shape index (κ3) is 3.84. The lowest BCUT2D eigenvalue weighted by atomic mass is 9.98. The lowest BCUT2D eigenvalue weighted by molar-refractivity contribution is 0.0684. The zero-order chi connectivity index (χ0) is 21.3. The Balaban J connectivity index is 2.28. The van der Waals surface area contributed by atoms with Gasteiger partial charge in [-0.15, -0.1) is 0 Å². The highest BCUT2D eigenvalue weighted by atomic mass is 32.2. The summed E-state index contributed by atoms with van der Waals surface area (Å²) in [5.41, 5.74) is 1.13. The molecule has 0 amide bonds. The zero-order valence-electron chi connectivity index (χ0n) is 15.6. The van der Waals surface area contributed by atoms with Crippen LogP contribution in [0.2, 0.25) is 0 Å². The highest BCUT2D eigenvalue weighted by Gasteiger charge is 2.25. The number of carboxylic acids is 1. The molecule has 0 aliphatic carbocycles. The average molecular weight is 419 g/mol. The van der Waals surface area contributed by atoms with Crippen molar-refractivity contribution in [2.24, 2.45) is 5.14 Å². The molecule has 0 atom stereocenters. The smallest absolute Gasteiger partial charge is 0.354 e. The van der Waals surface area contributed by atoms with Crippen molar-refractivity contribution >= 4 is 16.0 Å². The van der Waals surface area contributed by atoms with Crippen molar-refractivity contribution in [2.45, 2.75) is 18.4 Å².